The van der Waals surface area contributed by atoms with Crippen LogP contribution in [0.5, 0.6) is 0 Å². The van der Waals surface area contributed by atoms with Crippen LogP contribution >= 0.6 is 0 Å². The van der Waals surface area contributed by atoms with E-state index in [4.69, 9.17) is 5.11 Å². The normalized spacial score (nSPS) is 32.1. The summed E-state index contributed by atoms with van der Waals surface area (Å²) in [6.07, 6.45) is 1.66. The molecule has 0 aromatic heterocycles. The van der Waals surface area contributed by atoms with Crippen molar-refractivity contribution in [2.45, 2.75) is 44.7 Å². The Morgan fingerprint density at radius 2 is 2.00 bits per heavy atom. The first-order valence-corrected chi connectivity index (χ1v) is 4.76. The second-order valence-electron chi connectivity index (χ2n) is 5.09. The van der Waals surface area contributed by atoms with Crippen LogP contribution in [0.25, 0.3) is 0 Å². The molecule has 0 unspecified atom stereocenters. The first-order chi connectivity index (χ1) is 6.28. The van der Waals surface area contributed by atoms with Gasteiger partial charge >= 0.3 is 5.97 Å². The number of carboxylic acids is 1. The number of hydrogen-bond acceptors (Lipinski definition) is 3. The molecule has 2 N–H and O–H groups in total. The molecule has 1 rings (SSSR count). The van der Waals surface area contributed by atoms with Gasteiger partial charge in [0.1, 0.15) is 6.29 Å². The Morgan fingerprint density at radius 3 is 2.29 bits per heavy atom. The van der Waals surface area contributed by atoms with Gasteiger partial charge in [-0.3, -0.25) is 4.79 Å². The predicted molar refractivity (Wildman–Crippen MR) is 52.0 cm³/mol. The fourth-order valence-electron chi connectivity index (χ4n) is 1.97. The Kier molecular flexibility index (Phi) is 2.67. The van der Waals surface area contributed by atoms with Crippen LogP contribution in [-0.4, -0.2) is 28.4 Å². The molecule has 0 spiro atoms. The number of carbonyl (C=O) groups excluding carboxylic acids is 1. The lowest BCUT2D eigenvalue weighted by molar-refractivity contribution is -0.149. The SMILES string of the molecule is CC(C)(C)NC1(C=O)CC(C(=O)O)C1. The molecule has 0 amide bonds. The van der Waals surface area contributed by atoms with Gasteiger partial charge in [-0.1, -0.05) is 0 Å². The van der Waals surface area contributed by atoms with Gasteiger partial charge in [-0.2, -0.15) is 0 Å². The zero-order valence-corrected chi connectivity index (χ0v) is 8.83. The van der Waals surface area contributed by atoms with Crippen molar-refractivity contribution in [2.75, 3.05) is 0 Å². The molecule has 4 heteroatoms. The average Bonchev–Trinajstić information content (AvgIpc) is 1.93. The van der Waals surface area contributed by atoms with E-state index < -0.39 is 11.5 Å². The van der Waals surface area contributed by atoms with Crippen LogP contribution in [0.3, 0.4) is 0 Å². The Balaban J connectivity index is 2.58. The van der Waals surface area contributed by atoms with Crippen LogP contribution in [0.4, 0.5) is 0 Å². The van der Waals surface area contributed by atoms with Gasteiger partial charge in [0.05, 0.1) is 11.5 Å². The summed E-state index contributed by atoms with van der Waals surface area (Å²) in [7, 11) is 0. The highest BCUT2D eigenvalue weighted by Gasteiger charge is 2.49. The van der Waals surface area contributed by atoms with Gasteiger partial charge in [-0.25, -0.2) is 0 Å². The molecule has 0 aliphatic heterocycles. The molecule has 0 bridgehead atoms. The number of nitrogens with one attached hydrogen (secondary N) is 1. The summed E-state index contributed by atoms with van der Waals surface area (Å²) >= 11 is 0. The monoisotopic (exact) mass is 199 g/mol. The Labute approximate surface area is 83.7 Å². The molecule has 0 radical (unpaired) electrons. The molecule has 0 aromatic rings. The van der Waals surface area contributed by atoms with Crippen molar-refractivity contribution in [3.63, 3.8) is 0 Å². The third-order valence-electron chi connectivity index (χ3n) is 2.42. The van der Waals surface area contributed by atoms with Crippen LogP contribution in [0, 0.1) is 5.92 Å². The third-order valence-corrected chi connectivity index (χ3v) is 2.42. The highest BCUT2D eigenvalue weighted by Crippen LogP contribution is 2.37. The van der Waals surface area contributed by atoms with Crippen LogP contribution < -0.4 is 5.32 Å². The smallest absolute Gasteiger partial charge is 0.306 e. The molecule has 1 aliphatic carbocycles. The highest BCUT2D eigenvalue weighted by atomic mass is 16.4. The fourth-order valence-corrected chi connectivity index (χ4v) is 1.97. The molecule has 0 saturated heterocycles. The number of carboxylic acid groups (broad SMARTS) is 1. The molecule has 0 heterocycles. The molecule has 80 valence electrons. The first-order valence-electron chi connectivity index (χ1n) is 4.76. The van der Waals surface area contributed by atoms with E-state index in [0.29, 0.717) is 12.8 Å². The third kappa shape index (κ3) is 2.32. The van der Waals surface area contributed by atoms with Crippen molar-refractivity contribution < 1.29 is 14.7 Å². The maximum atomic E-state index is 10.9. The lowest BCUT2D eigenvalue weighted by Gasteiger charge is -2.46. The molecule has 1 aliphatic rings. The summed E-state index contributed by atoms with van der Waals surface area (Å²) in [5, 5.41) is 11.9. The average molecular weight is 199 g/mol. The summed E-state index contributed by atoms with van der Waals surface area (Å²) < 4.78 is 0. The minimum atomic E-state index is -0.807. The van der Waals surface area contributed by atoms with Gasteiger partial charge in [0.25, 0.3) is 0 Å². The van der Waals surface area contributed by atoms with Crippen LogP contribution in [0.2, 0.25) is 0 Å². The van der Waals surface area contributed by atoms with Crippen molar-refractivity contribution in [1.29, 1.82) is 0 Å². The number of aldehydes is 1. The van der Waals surface area contributed by atoms with Crippen molar-refractivity contribution in [2.24, 2.45) is 5.92 Å². The van der Waals surface area contributed by atoms with E-state index in [-0.39, 0.29) is 11.5 Å². The minimum Gasteiger partial charge on any atom is -0.481 e. The van der Waals surface area contributed by atoms with Crippen LogP contribution in [0.15, 0.2) is 0 Å². The second-order valence-corrected chi connectivity index (χ2v) is 5.09. The number of rotatable bonds is 3. The van der Waals surface area contributed by atoms with Crippen molar-refractivity contribution in [3.8, 4) is 0 Å². The minimum absolute atomic E-state index is 0.162. The van der Waals surface area contributed by atoms with Crippen molar-refractivity contribution in [1.82, 2.24) is 5.32 Å². The summed E-state index contributed by atoms with van der Waals surface area (Å²) in [5.41, 5.74) is -0.772. The Hall–Kier alpha value is -0.900. The number of hydrogen-bond donors (Lipinski definition) is 2. The second kappa shape index (κ2) is 3.35. The van der Waals surface area contributed by atoms with Gasteiger partial charge in [0.15, 0.2) is 0 Å². The molecular formula is C10H17NO3. The topological polar surface area (TPSA) is 66.4 Å². The van der Waals surface area contributed by atoms with E-state index in [9.17, 15) is 9.59 Å². The summed E-state index contributed by atoms with van der Waals surface area (Å²) in [4.78, 5) is 21.5. The first kappa shape index (κ1) is 11.2. The maximum Gasteiger partial charge on any atom is 0.306 e. The van der Waals surface area contributed by atoms with Gasteiger partial charge in [0.2, 0.25) is 0 Å². The zero-order valence-electron chi connectivity index (χ0n) is 8.83. The molecule has 0 atom stereocenters. The lowest BCUT2D eigenvalue weighted by atomic mass is 9.68. The van der Waals surface area contributed by atoms with E-state index in [1.807, 2.05) is 20.8 Å². The molecule has 4 nitrogen and oxygen atoms in total. The van der Waals surface area contributed by atoms with Gasteiger partial charge in [-0.05, 0) is 33.6 Å². The van der Waals surface area contributed by atoms with Crippen molar-refractivity contribution >= 4 is 12.3 Å². The van der Waals surface area contributed by atoms with E-state index in [1.165, 1.54) is 0 Å². The van der Waals surface area contributed by atoms with Crippen LogP contribution in [-0.2, 0) is 9.59 Å². The predicted octanol–water partition coefficient (Wildman–Crippen LogP) is 0.807. The number of carbonyl (C=O) groups is 2. The molecule has 0 aromatic carbocycles. The summed E-state index contributed by atoms with van der Waals surface area (Å²) in [6, 6.07) is 0. The largest absolute Gasteiger partial charge is 0.481 e. The molecule has 1 saturated carbocycles. The van der Waals surface area contributed by atoms with Crippen molar-refractivity contribution in [3.05, 3.63) is 0 Å². The van der Waals surface area contributed by atoms with E-state index >= 15 is 0 Å². The Morgan fingerprint density at radius 1 is 1.50 bits per heavy atom. The van der Waals surface area contributed by atoms with Gasteiger partial charge in [-0.15, -0.1) is 0 Å². The standard InChI is InChI=1S/C10H17NO3/c1-9(2,3)11-10(6-12)4-7(5-10)8(13)14/h6-7,11H,4-5H2,1-3H3,(H,13,14). The fraction of sp³-hybridized carbons (Fsp3) is 0.800. The van der Waals surface area contributed by atoms with E-state index in [0.717, 1.165) is 6.29 Å². The van der Waals surface area contributed by atoms with E-state index in [2.05, 4.69) is 5.32 Å². The quantitative estimate of drug-likeness (QED) is 0.660. The number of aliphatic carboxylic acids is 1. The molecule has 1 fully saturated rings. The van der Waals surface area contributed by atoms with Crippen LogP contribution in [0.1, 0.15) is 33.6 Å². The van der Waals surface area contributed by atoms with Gasteiger partial charge in [0, 0.05) is 5.54 Å². The Bertz CT molecular complexity index is 249. The van der Waals surface area contributed by atoms with Gasteiger partial charge < -0.3 is 15.2 Å². The molecular weight excluding hydrogens is 182 g/mol. The lowest BCUT2D eigenvalue weighted by Crippen LogP contribution is -2.63. The maximum absolute atomic E-state index is 10.9. The highest BCUT2D eigenvalue weighted by molar-refractivity contribution is 5.77. The summed E-state index contributed by atoms with van der Waals surface area (Å²) in [6.45, 7) is 5.89. The zero-order chi connectivity index (χ0) is 11.0. The molecule has 14 heavy (non-hydrogen) atoms. The summed E-state index contributed by atoms with van der Waals surface area (Å²) in [5.74, 6) is -1.17. The van der Waals surface area contributed by atoms with E-state index in [1.54, 1.807) is 0 Å².